The zero-order valence-electron chi connectivity index (χ0n) is 7.88. The second-order valence-corrected chi connectivity index (χ2v) is 2.72. The summed E-state index contributed by atoms with van der Waals surface area (Å²) in [5.74, 6) is -3.00. The zero-order chi connectivity index (χ0) is 11.2. The number of esters is 1. The van der Waals surface area contributed by atoms with Gasteiger partial charge in [-0.25, -0.2) is 4.79 Å². The molecule has 0 aromatic carbocycles. The molecule has 0 aromatic rings. The molecule has 0 saturated carbocycles. The Morgan fingerprint density at radius 2 is 1.93 bits per heavy atom. The van der Waals surface area contributed by atoms with E-state index in [0.29, 0.717) is 0 Å². The standard InChI is InChI=1S/C8H11F2O4/c1-4-7(11)12-5-8(13-9,14-10)6(2)3/h4H,1,5H2,2-3H3. The topological polar surface area (TPSA) is 44.8 Å². The first-order valence-electron chi connectivity index (χ1n) is 3.71. The molecule has 0 N–H and O–H groups in total. The highest BCUT2D eigenvalue weighted by Crippen LogP contribution is 2.26. The van der Waals surface area contributed by atoms with Crippen LogP contribution in [0.4, 0.5) is 9.05 Å². The van der Waals surface area contributed by atoms with E-state index in [2.05, 4.69) is 21.2 Å². The lowest BCUT2D eigenvalue weighted by atomic mass is 10.0. The summed E-state index contributed by atoms with van der Waals surface area (Å²) in [4.78, 5) is 17.2. The van der Waals surface area contributed by atoms with Crippen LogP contribution in [0.5, 0.6) is 0 Å². The third-order valence-electron chi connectivity index (χ3n) is 1.58. The third kappa shape index (κ3) is 3.04. The number of carbonyl (C=O) groups is 1. The van der Waals surface area contributed by atoms with Crippen molar-refractivity contribution in [1.29, 1.82) is 0 Å². The monoisotopic (exact) mass is 209 g/mol. The van der Waals surface area contributed by atoms with Crippen molar-refractivity contribution < 1.29 is 28.5 Å². The molecular weight excluding hydrogens is 198 g/mol. The van der Waals surface area contributed by atoms with Gasteiger partial charge in [0.1, 0.15) is 0 Å². The van der Waals surface area contributed by atoms with E-state index in [4.69, 9.17) is 0 Å². The van der Waals surface area contributed by atoms with Crippen LogP contribution >= 0.6 is 0 Å². The minimum absolute atomic E-state index is 0.124. The van der Waals surface area contributed by atoms with Gasteiger partial charge < -0.3 is 4.74 Å². The van der Waals surface area contributed by atoms with Crippen molar-refractivity contribution in [1.82, 2.24) is 0 Å². The quantitative estimate of drug-likeness (QED) is 0.380. The maximum atomic E-state index is 12.0. The number of hydrogen-bond donors (Lipinski definition) is 0. The van der Waals surface area contributed by atoms with Gasteiger partial charge in [0.05, 0.1) is 0 Å². The minimum Gasteiger partial charge on any atom is -0.457 e. The van der Waals surface area contributed by atoms with Gasteiger partial charge in [0.15, 0.2) is 6.61 Å². The van der Waals surface area contributed by atoms with Crippen LogP contribution in [0.25, 0.3) is 0 Å². The molecule has 0 saturated heterocycles. The van der Waals surface area contributed by atoms with Crippen molar-refractivity contribution >= 4 is 5.97 Å². The molecule has 0 amide bonds. The van der Waals surface area contributed by atoms with E-state index in [1.807, 2.05) is 0 Å². The molecule has 0 aliphatic carbocycles. The van der Waals surface area contributed by atoms with Crippen LogP contribution in [0.2, 0.25) is 0 Å². The molecule has 0 bridgehead atoms. The average Bonchev–Trinajstić information content (AvgIpc) is 2.19. The van der Waals surface area contributed by atoms with Crippen LogP contribution in [-0.2, 0) is 19.4 Å². The van der Waals surface area contributed by atoms with E-state index in [0.717, 1.165) is 6.08 Å². The Labute approximate surface area is 80.2 Å². The Kier molecular flexibility index (Phi) is 5.26. The van der Waals surface area contributed by atoms with Gasteiger partial charge in [-0.15, -0.1) is 0 Å². The second kappa shape index (κ2) is 5.66. The van der Waals surface area contributed by atoms with Gasteiger partial charge in [-0.05, 0) is 9.05 Å². The molecule has 0 spiro atoms. The number of halogens is 2. The first kappa shape index (κ1) is 13.0. The van der Waals surface area contributed by atoms with Crippen molar-refractivity contribution in [2.75, 3.05) is 6.61 Å². The fourth-order valence-corrected chi connectivity index (χ4v) is 0.580. The Balaban J connectivity index is 4.36. The van der Waals surface area contributed by atoms with Crippen molar-refractivity contribution in [3.8, 4) is 0 Å². The Morgan fingerprint density at radius 1 is 1.43 bits per heavy atom. The molecule has 0 unspecified atom stereocenters. The van der Waals surface area contributed by atoms with E-state index in [1.54, 1.807) is 0 Å². The van der Waals surface area contributed by atoms with Gasteiger partial charge in [0.2, 0.25) is 0 Å². The third-order valence-corrected chi connectivity index (χ3v) is 1.58. The lowest BCUT2D eigenvalue weighted by Crippen LogP contribution is -2.41. The van der Waals surface area contributed by atoms with Gasteiger partial charge in [-0.1, -0.05) is 20.4 Å². The normalized spacial score (nSPS) is 11.5. The molecule has 81 valence electrons. The highest BCUT2D eigenvalue weighted by atomic mass is 19.3. The van der Waals surface area contributed by atoms with Crippen LogP contribution in [0.1, 0.15) is 13.8 Å². The molecule has 0 aliphatic heterocycles. The first-order valence-corrected chi connectivity index (χ1v) is 3.71. The molecule has 0 heterocycles. The molecule has 0 aliphatic rings. The van der Waals surface area contributed by atoms with E-state index < -0.39 is 18.4 Å². The lowest BCUT2D eigenvalue weighted by Gasteiger charge is -2.26. The van der Waals surface area contributed by atoms with Gasteiger partial charge in [0.25, 0.3) is 5.79 Å². The second-order valence-electron chi connectivity index (χ2n) is 2.72. The highest BCUT2D eigenvalue weighted by molar-refractivity contribution is 5.81. The summed E-state index contributed by atoms with van der Waals surface area (Å²) in [6.07, 6.45) is 0.853. The van der Waals surface area contributed by atoms with Gasteiger partial charge in [-0.3, -0.25) is 0 Å². The van der Waals surface area contributed by atoms with Gasteiger partial charge in [0, 0.05) is 12.0 Å². The van der Waals surface area contributed by atoms with E-state index in [-0.39, 0.29) is 5.92 Å². The van der Waals surface area contributed by atoms with Crippen LogP contribution in [0.3, 0.4) is 0 Å². The summed E-state index contributed by atoms with van der Waals surface area (Å²) in [5.41, 5.74) is 0. The van der Waals surface area contributed by atoms with Gasteiger partial charge in [-0.2, -0.15) is 9.88 Å². The summed E-state index contributed by atoms with van der Waals surface area (Å²) < 4.78 is 28.4. The zero-order valence-corrected chi connectivity index (χ0v) is 7.88. The Bertz CT molecular complexity index is 202. The molecular formula is C8H11F2O4. The minimum atomic E-state index is -2.29. The van der Waals surface area contributed by atoms with E-state index in [1.165, 1.54) is 13.8 Å². The molecule has 0 fully saturated rings. The number of hydrogen-bond acceptors (Lipinski definition) is 4. The average molecular weight is 209 g/mol. The number of ether oxygens (including phenoxy) is 1. The van der Waals surface area contributed by atoms with Crippen molar-refractivity contribution in [2.45, 2.75) is 19.6 Å². The SMILES string of the molecule is C=CC(=O)OCC(OF)(OF)[C](C)C. The maximum absolute atomic E-state index is 12.0. The van der Waals surface area contributed by atoms with Crippen LogP contribution in [-0.4, -0.2) is 18.4 Å². The fraction of sp³-hybridized carbons (Fsp3) is 0.500. The summed E-state index contributed by atoms with van der Waals surface area (Å²) in [7, 11) is 0. The fourth-order valence-electron chi connectivity index (χ4n) is 0.580. The van der Waals surface area contributed by atoms with Crippen molar-refractivity contribution in [3.05, 3.63) is 18.6 Å². The lowest BCUT2D eigenvalue weighted by molar-refractivity contribution is -0.411. The van der Waals surface area contributed by atoms with Crippen molar-refractivity contribution in [2.24, 2.45) is 0 Å². The predicted molar refractivity (Wildman–Crippen MR) is 42.9 cm³/mol. The maximum Gasteiger partial charge on any atom is 0.330 e. The largest absolute Gasteiger partial charge is 0.457 e. The van der Waals surface area contributed by atoms with Gasteiger partial charge >= 0.3 is 5.97 Å². The highest BCUT2D eigenvalue weighted by Gasteiger charge is 2.42. The number of rotatable bonds is 6. The molecule has 0 aromatic heterocycles. The van der Waals surface area contributed by atoms with E-state index >= 15 is 0 Å². The summed E-state index contributed by atoms with van der Waals surface area (Å²) >= 11 is 0. The predicted octanol–water partition coefficient (Wildman–Crippen LogP) is 1.83. The molecule has 0 rings (SSSR count). The van der Waals surface area contributed by atoms with Crippen LogP contribution in [0, 0.1) is 5.92 Å². The summed E-state index contributed by atoms with van der Waals surface area (Å²) in [5, 5.41) is 0. The summed E-state index contributed by atoms with van der Waals surface area (Å²) in [6.45, 7) is 5.10. The molecule has 4 nitrogen and oxygen atoms in total. The number of carbonyl (C=O) groups excluding carboxylic acids is 1. The van der Waals surface area contributed by atoms with Crippen LogP contribution in [0.15, 0.2) is 12.7 Å². The van der Waals surface area contributed by atoms with Crippen LogP contribution < -0.4 is 0 Å². The molecule has 0 atom stereocenters. The molecule has 14 heavy (non-hydrogen) atoms. The van der Waals surface area contributed by atoms with Crippen molar-refractivity contribution in [3.63, 3.8) is 0 Å². The van der Waals surface area contributed by atoms with E-state index in [9.17, 15) is 13.8 Å². The Morgan fingerprint density at radius 3 is 2.21 bits per heavy atom. The molecule has 6 heteroatoms. The molecule has 1 radical (unpaired) electrons. The Hall–Kier alpha value is -1.01. The summed E-state index contributed by atoms with van der Waals surface area (Å²) in [6, 6.07) is 0. The first-order chi connectivity index (χ1) is 6.52. The smallest absolute Gasteiger partial charge is 0.330 e.